The summed E-state index contributed by atoms with van der Waals surface area (Å²) in [6, 6.07) is 0. The minimum absolute atomic E-state index is 0.406. The van der Waals surface area contributed by atoms with Gasteiger partial charge in [-0.05, 0) is 50.4 Å². The summed E-state index contributed by atoms with van der Waals surface area (Å²) >= 11 is 0. The predicted octanol–water partition coefficient (Wildman–Crippen LogP) is 1.82. The van der Waals surface area contributed by atoms with Crippen LogP contribution in [0.25, 0.3) is 0 Å². The Morgan fingerprint density at radius 3 is 2.15 bits per heavy atom. The van der Waals surface area contributed by atoms with Crippen molar-refractivity contribution in [2.45, 2.75) is 50.5 Å². The summed E-state index contributed by atoms with van der Waals surface area (Å²) in [6.45, 7) is 0. The van der Waals surface area contributed by atoms with E-state index in [0.717, 1.165) is 12.8 Å². The van der Waals surface area contributed by atoms with E-state index in [2.05, 4.69) is 0 Å². The molecule has 0 spiro atoms. The van der Waals surface area contributed by atoms with Gasteiger partial charge in [0.2, 0.25) is 0 Å². The van der Waals surface area contributed by atoms with Crippen LogP contribution in [0.15, 0.2) is 0 Å². The smallest absolute Gasteiger partial charge is 0.198 e. The molecule has 2 rings (SSSR count). The molecule has 0 bridgehead atoms. The number of rotatable bonds is 6. The molecule has 2 saturated carbocycles. The Bertz CT molecular complexity index is 180. The average Bonchev–Trinajstić information content (AvgIpc) is 2.95. The van der Waals surface area contributed by atoms with Crippen molar-refractivity contribution in [2.75, 3.05) is 0 Å². The molecule has 0 aromatic rings. The largest absolute Gasteiger partial charge is 0.389 e. The lowest BCUT2D eigenvalue weighted by atomic mass is 9.86. The first kappa shape index (κ1) is 9.20. The highest BCUT2D eigenvalue weighted by atomic mass is 16.3. The first-order chi connectivity index (χ1) is 6.27. The van der Waals surface area contributed by atoms with Gasteiger partial charge >= 0.3 is 0 Å². The van der Waals surface area contributed by atoms with E-state index in [1.165, 1.54) is 25.7 Å². The monoisotopic (exact) mass is 181 g/mol. The van der Waals surface area contributed by atoms with Crippen LogP contribution in [0.4, 0.5) is 0 Å². The molecule has 0 aliphatic heterocycles. The minimum Gasteiger partial charge on any atom is -0.389 e. The van der Waals surface area contributed by atoms with Crippen molar-refractivity contribution < 1.29 is 9.90 Å². The third-order valence-corrected chi connectivity index (χ3v) is 3.42. The highest BCUT2D eigenvalue weighted by Crippen LogP contribution is 2.54. The molecule has 0 heterocycles. The lowest BCUT2D eigenvalue weighted by molar-refractivity contribution is -0.0142. The summed E-state index contributed by atoms with van der Waals surface area (Å²) in [5.41, 5.74) is -0.406. The van der Waals surface area contributed by atoms with E-state index in [-0.39, 0.29) is 0 Å². The van der Waals surface area contributed by atoms with E-state index in [4.69, 9.17) is 0 Å². The maximum absolute atomic E-state index is 10.4. The fourth-order valence-corrected chi connectivity index (χ4v) is 2.35. The van der Waals surface area contributed by atoms with Crippen molar-refractivity contribution in [3.63, 3.8) is 0 Å². The first-order valence-electron chi connectivity index (χ1n) is 5.35. The number of carbonyl (C=O) groups excluding carboxylic acids is 1. The zero-order valence-corrected chi connectivity index (χ0v) is 7.96. The van der Waals surface area contributed by atoms with Crippen LogP contribution in [-0.4, -0.2) is 17.0 Å². The molecular formula is C11H17O2. The summed E-state index contributed by atoms with van der Waals surface area (Å²) in [5.74, 6) is 1.10. The number of hydrogen-bond acceptors (Lipinski definition) is 2. The summed E-state index contributed by atoms with van der Waals surface area (Å²) in [4.78, 5) is 10.1. The van der Waals surface area contributed by atoms with Crippen molar-refractivity contribution >= 4 is 6.29 Å². The van der Waals surface area contributed by atoms with Gasteiger partial charge in [-0.2, -0.15) is 0 Å². The fraction of sp³-hybridized carbons (Fsp3) is 0.909. The van der Waals surface area contributed by atoms with Gasteiger partial charge in [0.25, 0.3) is 0 Å². The van der Waals surface area contributed by atoms with Gasteiger partial charge in [-0.15, -0.1) is 0 Å². The first-order valence-corrected chi connectivity index (χ1v) is 5.35. The molecule has 2 nitrogen and oxygen atoms in total. The van der Waals surface area contributed by atoms with Crippen LogP contribution >= 0.6 is 0 Å². The number of unbranched alkanes of at least 4 members (excludes halogenated alkanes) is 1. The quantitative estimate of drug-likeness (QED) is 0.635. The van der Waals surface area contributed by atoms with E-state index in [9.17, 15) is 9.90 Å². The predicted molar refractivity (Wildman–Crippen MR) is 49.9 cm³/mol. The highest BCUT2D eigenvalue weighted by molar-refractivity contribution is 5.50. The van der Waals surface area contributed by atoms with Crippen molar-refractivity contribution in [3.8, 4) is 0 Å². The van der Waals surface area contributed by atoms with E-state index in [0.29, 0.717) is 18.3 Å². The minimum atomic E-state index is -0.406. The molecule has 2 aliphatic carbocycles. The van der Waals surface area contributed by atoms with Gasteiger partial charge in [-0.25, -0.2) is 0 Å². The topological polar surface area (TPSA) is 37.3 Å². The van der Waals surface area contributed by atoms with Crippen molar-refractivity contribution in [1.29, 1.82) is 0 Å². The average molecular weight is 181 g/mol. The second-order valence-electron chi connectivity index (χ2n) is 4.54. The molecule has 1 N–H and O–H groups in total. The van der Waals surface area contributed by atoms with Crippen molar-refractivity contribution in [1.82, 2.24) is 0 Å². The molecule has 2 aliphatic rings. The van der Waals surface area contributed by atoms with Gasteiger partial charge in [0.05, 0.1) is 5.60 Å². The molecule has 0 saturated heterocycles. The Labute approximate surface area is 79.3 Å². The molecule has 1 radical (unpaired) electrons. The maximum Gasteiger partial charge on any atom is 0.198 e. The van der Waals surface area contributed by atoms with Gasteiger partial charge in [0.15, 0.2) is 6.29 Å². The van der Waals surface area contributed by atoms with Crippen LogP contribution in [0.3, 0.4) is 0 Å². The standard InChI is InChI=1S/C11H17O2/c12-8-2-1-7-11(13,9-3-4-9)10-5-6-10/h9-10,13H,1-7H2. The summed E-state index contributed by atoms with van der Waals surface area (Å²) in [6.07, 6.45) is 8.78. The second kappa shape index (κ2) is 3.41. The Morgan fingerprint density at radius 2 is 1.77 bits per heavy atom. The Morgan fingerprint density at radius 1 is 1.23 bits per heavy atom. The molecular weight excluding hydrogens is 164 g/mol. The van der Waals surface area contributed by atoms with Crippen molar-refractivity contribution in [2.24, 2.45) is 11.8 Å². The Balaban J connectivity index is 1.84. The fourth-order valence-electron chi connectivity index (χ4n) is 2.35. The van der Waals surface area contributed by atoms with E-state index >= 15 is 0 Å². The summed E-state index contributed by atoms with van der Waals surface area (Å²) in [5, 5.41) is 10.4. The Kier molecular flexibility index (Phi) is 2.41. The Hall–Kier alpha value is -0.370. The van der Waals surface area contributed by atoms with Crippen LogP contribution in [0.1, 0.15) is 44.9 Å². The van der Waals surface area contributed by atoms with E-state index < -0.39 is 5.60 Å². The highest BCUT2D eigenvalue weighted by Gasteiger charge is 2.52. The molecule has 0 aromatic heterocycles. The number of aliphatic hydroxyl groups is 1. The molecule has 0 atom stereocenters. The van der Waals surface area contributed by atoms with Crippen LogP contribution < -0.4 is 0 Å². The van der Waals surface area contributed by atoms with E-state index in [1.807, 2.05) is 6.29 Å². The van der Waals surface area contributed by atoms with Crippen LogP contribution in [0.5, 0.6) is 0 Å². The van der Waals surface area contributed by atoms with Crippen LogP contribution in [0, 0.1) is 11.8 Å². The van der Waals surface area contributed by atoms with Gasteiger partial charge in [0, 0.05) is 6.42 Å². The van der Waals surface area contributed by atoms with Crippen molar-refractivity contribution in [3.05, 3.63) is 0 Å². The summed E-state index contributed by atoms with van der Waals surface area (Å²) < 4.78 is 0. The van der Waals surface area contributed by atoms with Crippen LogP contribution in [0.2, 0.25) is 0 Å². The maximum atomic E-state index is 10.4. The lowest BCUT2D eigenvalue weighted by Crippen LogP contribution is -2.33. The van der Waals surface area contributed by atoms with Crippen LogP contribution in [-0.2, 0) is 4.79 Å². The van der Waals surface area contributed by atoms with Gasteiger partial charge < -0.3 is 5.11 Å². The second-order valence-corrected chi connectivity index (χ2v) is 4.54. The zero-order valence-electron chi connectivity index (χ0n) is 7.96. The molecule has 2 fully saturated rings. The molecule has 0 amide bonds. The van der Waals surface area contributed by atoms with Gasteiger partial charge in [-0.1, -0.05) is 0 Å². The SMILES string of the molecule is O=[C]CCCC(O)(C1CC1)C1CC1. The van der Waals surface area contributed by atoms with Gasteiger partial charge in [-0.3, -0.25) is 4.79 Å². The third-order valence-electron chi connectivity index (χ3n) is 3.42. The molecule has 2 heteroatoms. The molecule has 73 valence electrons. The summed E-state index contributed by atoms with van der Waals surface area (Å²) in [7, 11) is 0. The number of hydrogen-bond donors (Lipinski definition) is 1. The van der Waals surface area contributed by atoms with E-state index in [1.54, 1.807) is 0 Å². The molecule has 0 aromatic carbocycles. The molecule has 0 unspecified atom stereocenters. The lowest BCUT2D eigenvalue weighted by Gasteiger charge is -2.28. The third kappa shape index (κ3) is 1.93. The van der Waals surface area contributed by atoms with Gasteiger partial charge in [0.1, 0.15) is 0 Å². The zero-order chi connectivity index (χ0) is 9.31. The normalized spacial score (nSPS) is 23.2. The molecule has 13 heavy (non-hydrogen) atoms.